The Labute approximate surface area is 128 Å². The lowest BCUT2D eigenvalue weighted by molar-refractivity contribution is -0.126. The number of rotatable bonds is 6. The number of nitriles is 1. The average Bonchev–Trinajstić information content (AvgIpc) is 2.37. The lowest BCUT2D eigenvalue weighted by Crippen LogP contribution is -2.54. The normalized spacial score (nSPS) is 22.9. The van der Waals surface area contributed by atoms with E-state index >= 15 is 0 Å². The van der Waals surface area contributed by atoms with Gasteiger partial charge in [-0.1, -0.05) is 13.8 Å². The van der Waals surface area contributed by atoms with Gasteiger partial charge in [0.25, 0.3) is 0 Å². The molecule has 21 heavy (non-hydrogen) atoms. The fourth-order valence-corrected chi connectivity index (χ4v) is 2.28. The highest BCUT2D eigenvalue weighted by molar-refractivity contribution is 5.79. The van der Waals surface area contributed by atoms with E-state index in [0.717, 1.165) is 19.6 Å². The Morgan fingerprint density at radius 1 is 1.57 bits per heavy atom. The highest BCUT2D eigenvalue weighted by Gasteiger charge is 2.31. The first-order valence-corrected chi connectivity index (χ1v) is 7.47. The van der Waals surface area contributed by atoms with Crippen LogP contribution in [-0.4, -0.2) is 74.2 Å². The number of likely N-dealkylation sites (N-methyl/N-ethyl adjacent to an activating group) is 1. The van der Waals surface area contributed by atoms with Crippen molar-refractivity contribution in [3.63, 3.8) is 0 Å². The van der Waals surface area contributed by atoms with Crippen molar-refractivity contribution in [3.8, 4) is 6.07 Å². The number of amides is 1. The van der Waals surface area contributed by atoms with Crippen LogP contribution in [0.25, 0.3) is 0 Å². The van der Waals surface area contributed by atoms with E-state index in [1.54, 1.807) is 6.92 Å². The van der Waals surface area contributed by atoms with Gasteiger partial charge >= 0.3 is 0 Å². The Morgan fingerprint density at radius 3 is 2.76 bits per heavy atom. The van der Waals surface area contributed by atoms with Crippen molar-refractivity contribution in [1.29, 1.82) is 5.26 Å². The Hall–Kier alpha value is -1.16. The van der Waals surface area contributed by atoms with Gasteiger partial charge in [-0.25, -0.2) is 0 Å². The summed E-state index contributed by atoms with van der Waals surface area (Å²) < 4.78 is 5.69. The van der Waals surface area contributed by atoms with E-state index in [-0.39, 0.29) is 17.9 Å². The number of nitrogens with one attached hydrogen (secondary N) is 1. The topological polar surface area (TPSA) is 68.6 Å². The van der Waals surface area contributed by atoms with Crippen LogP contribution in [0.5, 0.6) is 0 Å². The zero-order chi connectivity index (χ0) is 16.0. The summed E-state index contributed by atoms with van der Waals surface area (Å²) in [6.45, 7) is 8.95. The first kappa shape index (κ1) is 17.9. The maximum absolute atomic E-state index is 12.2. The lowest BCUT2D eigenvalue weighted by Gasteiger charge is -2.34. The molecular formula is C15H28N4O2. The summed E-state index contributed by atoms with van der Waals surface area (Å²) in [6.07, 6.45) is 0.133. The molecule has 1 N–H and O–H groups in total. The molecule has 0 spiro atoms. The predicted molar refractivity (Wildman–Crippen MR) is 81.7 cm³/mol. The van der Waals surface area contributed by atoms with E-state index in [4.69, 9.17) is 4.74 Å². The van der Waals surface area contributed by atoms with E-state index in [1.165, 1.54) is 0 Å². The van der Waals surface area contributed by atoms with Crippen LogP contribution in [0, 0.1) is 17.2 Å². The van der Waals surface area contributed by atoms with Gasteiger partial charge in [0.2, 0.25) is 5.91 Å². The van der Waals surface area contributed by atoms with Gasteiger partial charge in [-0.05, 0) is 26.9 Å². The van der Waals surface area contributed by atoms with Crippen molar-refractivity contribution in [2.75, 3.05) is 46.9 Å². The summed E-state index contributed by atoms with van der Waals surface area (Å²) in [6, 6.07) is 2.20. The Kier molecular flexibility index (Phi) is 6.59. The Morgan fingerprint density at radius 2 is 2.24 bits per heavy atom. The van der Waals surface area contributed by atoms with Crippen LogP contribution in [0.2, 0.25) is 0 Å². The molecule has 6 heteroatoms. The molecule has 1 aliphatic heterocycles. The van der Waals surface area contributed by atoms with Gasteiger partial charge in [0.05, 0.1) is 25.3 Å². The molecule has 0 unspecified atom stereocenters. The van der Waals surface area contributed by atoms with Crippen LogP contribution in [0.3, 0.4) is 0 Å². The summed E-state index contributed by atoms with van der Waals surface area (Å²) >= 11 is 0. The molecule has 0 aromatic heterocycles. The minimum Gasteiger partial charge on any atom is -0.374 e. The molecule has 1 aliphatic rings. The molecule has 0 saturated carbocycles. The van der Waals surface area contributed by atoms with Gasteiger partial charge in [-0.15, -0.1) is 0 Å². The van der Waals surface area contributed by atoms with Gasteiger partial charge in [-0.3, -0.25) is 9.69 Å². The molecule has 0 radical (unpaired) electrons. The minimum atomic E-state index is -0.813. The number of hydrogen-bond donors (Lipinski definition) is 1. The summed E-state index contributed by atoms with van der Waals surface area (Å²) in [5.74, 6) is -0.0316. The number of morpholine rings is 1. The van der Waals surface area contributed by atoms with Gasteiger partial charge in [-0.2, -0.15) is 5.26 Å². The molecule has 1 heterocycles. The van der Waals surface area contributed by atoms with E-state index in [9.17, 15) is 10.1 Å². The number of nitrogens with zero attached hydrogens (tertiary/aromatic N) is 3. The van der Waals surface area contributed by atoms with Crippen molar-refractivity contribution >= 4 is 5.91 Å². The molecule has 1 amide bonds. The van der Waals surface area contributed by atoms with Crippen molar-refractivity contribution in [2.24, 2.45) is 5.92 Å². The lowest BCUT2D eigenvalue weighted by atomic mass is 9.90. The van der Waals surface area contributed by atoms with Gasteiger partial charge < -0.3 is 15.0 Å². The zero-order valence-corrected chi connectivity index (χ0v) is 13.8. The zero-order valence-electron chi connectivity index (χ0n) is 13.8. The molecule has 1 fully saturated rings. The molecule has 6 nitrogen and oxygen atoms in total. The standard InChI is InChI=1S/C15H28N4O2/c1-12(2)15(3,11-16)17-14(20)10-19-6-7-21-13(9-19)8-18(4)5/h12-13H,6-10H2,1-5H3,(H,17,20)/t13-,15+/m0/s1. The second kappa shape index (κ2) is 7.74. The van der Waals surface area contributed by atoms with Crippen LogP contribution in [0.4, 0.5) is 0 Å². The third-order valence-corrected chi connectivity index (χ3v) is 3.94. The molecule has 0 aromatic rings. The van der Waals surface area contributed by atoms with Gasteiger partial charge in [0.15, 0.2) is 0 Å². The molecule has 0 aliphatic carbocycles. The second-order valence-corrected chi connectivity index (χ2v) is 6.51. The highest BCUT2D eigenvalue weighted by Crippen LogP contribution is 2.15. The minimum absolute atomic E-state index is 0.0672. The molecule has 1 rings (SSSR count). The van der Waals surface area contributed by atoms with E-state index in [0.29, 0.717) is 13.2 Å². The number of carbonyl (C=O) groups is 1. The van der Waals surface area contributed by atoms with Crippen LogP contribution in [0.15, 0.2) is 0 Å². The summed E-state index contributed by atoms with van der Waals surface area (Å²) in [7, 11) is 4.02. The van der Waals surface area contributed by atoms with Crippen LogP contribution >= 0.6 is 0 Å². The van der Waals surface area contributed by atoms with Gasteiger partial charge in [0.1, 0.15) is 5.54 Å². The highest BCUT2D eigenvalue weighted by atomic mass is 16.5. The Bertz CT molecular complexity index is 392. The van der Waals surface area contributed by atoms with Crippen LogP contribution in [0.1, 0.15) is 20.8 Å². The number of hydrogen-bond acceptors (Lipinski definition) is 5. The maximum Gasteiger partial charge on any atom is 0.235 e. The van der Waals surface area contributed by atoms with Crippen LogP contribution in [-0.2, 0) is 9.53 Å². The van der Waals surface area contributed by atoms with Crippen molar-refractivity contribution in [3.05, 3.63) is 0 Å². The van der Waals surface area contributed by atoms with Crippen molar-refractivity contribution in [1.82, 2.24) is 15.1 Å². The number of carbonyl (C=O) groups excluding carboxylic acids is 1. The van der Waals surface area contributed by atoms with E-state index in [1.807, 2.05) is 27.9 Å². The van der Waals surface area contributed by atoms with Crippen molar-refractivity contribution in [2.45, 2.75) is 32.4 Å². The molecule has 120 valence electrons. The average molecular weight is 296 g/mol. The summed E-state index contributed by atoms with van der Waals surface area (Å²) in [5, 5.41) is 12.1. The molecule has 0 bridgehead atoms. The maximum atomic E-state index is 12.2. The molecule has 1 saturated heterocycles. The SMILES string of the molecule is CC(C)[C@@](C)(C#N)NC(=O)CN1CCO[C@@H](CN(C)C)C1. The molecule has 0 aromatic carbocycles. The quantitative estimate of drug-likeness (QED) is 0.764. The summed E-state index contributed by atoms with van der Waals surface area (Å²) in [4.78, 5) is 16.3. The molecular weight excluding hydrogens is 268 g/mol. The van der Waals surface area contributed by atoms with E-state index < -0.39 is 5.54 Å². The second-order valence-electron chi connectivity index (χ2n) is 6.51. The first-order valence-electron chi connectivity index (χ1n) is 7.47. The van der Waals surface area contributed by atoms with Crippen LogP contribution < -0.4 is 5.32 Å². The monoisotopic (exact) mass is 296 g/mol. The van der Waals surface area contributed by atoms with E-state index in [2.05, 4.69) is 21.2 Å². The van der Waals surface area contributed by atoms with Gasteiger partial charge in [0, 0.05) is 19.6 Å². The smallest absolute Gasteiger partial charge is 0.235 e. The van der Waals surface area contributed by atoms with Crippen molar-refractivity contribution < 1.29 is 9.53 Å². The summed E-state index contributed by atoms with van der Waals surface area (Å²) in [5.41, 5.74) is -0.813. The third-order valence-electron chi connectivity index (χ3n) is 3.94. The molecule has 2 atom stereocenters. The Balaban J connectivity index is 2.49. The fraction of sp³-hybridized carbons (Fsp3) is 0.867. The first-order chi connectivity index (χ1) is 9.76. The third kappa shape index (κ3) is 5.62. The number of ether oxygens (including phenoxy) is 1. The predicted octanol–water partition coefficient (Wildman–Crippen LogP) is 0.303. The fourth-order valence-electron chi connectivity index (χ4n) is 2.28. The largest absolute Gasteiger partial charge is 0.374 e.